The van der Waals surface area contributed by atoms with Gasteiger partial charge in [-0.3, -0.25) is 4.79 Å². The van der Waals surface area contributed by atoms with Gasteiger partial charge in [-0.15, -0.1) is 11.8 Å². The van der Waals surface area contributed by atoms with E-state index in [4.69, 9.17) is 4.74 Å². The molecule has 0 N–H and O–H groups in total. The molecule has 5 heteroatoms. The smallest absolute Gasteiger partial charge is 0.329 e. The number of hydrogen-bond donors (Lipinski definition) is 0. The lowest BCUT2D eigenvalue weighted by atomic mass is 10.0. The van der Waals surface area contributed by atoms with Crippen LogP contribution in [0.1, 0.15) is 56.0 Å². The number of nitrogens with zero attached hydrogens (tertiary/aromatic N) is 1. The molecule has 25 heavy (non-hydrogen) atoms. The SMILES string of the molecule is CCCCOC(=O)C1CSC(CC(C)C)N1C(=O)c1ccccc1C. The van der Waals surface area contributed by atoms with Crippen molar-refractivity contribution in [2.75, 3.05) is 12.4 Å². The van der Waals surface area contributed by atoms with E-state index >= 15 is 0 Å². The van der Waals surface area contributed by atoms with E-state index in [1.165, 1.54) is 0 Å². The fourth-order valence-corrected chi connectivity index (χ4v) is 4.59. The second kappa shape index (κ2) is 9.27. The maximum Gasteiger partial charge on any atom is 0.329 e. The Balaban J connectivity index is 2.22. The van der Waals surface area contributed by atoms with Crippen molar-refractivity contribution in [1.29, 1.82) is 0 Å². The van der Waals surface area contributed by atoms with Crippen LogP contribution < -0.4 is 0 Å². The molecule has 1 aromatic rings. The lowest BCUT2D eigenvalue weighted by Crippen LogP contribution is -2.47. The Morgan fingerprint density at radius 3 is 2.68 bits per heavy atom. The first-order valence-electron chi connectivity index (χ1n) is 9.12. The molecular formula is C20H29NO3S. The standard InChI is InChI=1S/C20H29NO3S/c1-5-6-11-24-20(23)17-13-25-18(12-14(2)3)21(17)19(22)16-10-8-7-9-15(16)4/h7-10,14,17-18H,5-6,11-13H2,1-4H3. The number of unbranched alkanes of at least 4 members (excludes halogenated alkanes) is 1. The summed E-state index contributed by atoms with van der Waals surface area (Å²) in [5, 5.41) is 0.0239. The van der Waals surface area contributed by atoms with Gasteiger partial charge in [-0.05, 0) is 37.3 Å². The third-order valence-electron chi connectivity index (χ3n) is 4.39. The number of hydrogen-bond acceptors (Lipinski definition) is 4. The Morgan fingerprint density at radius 2 is 2.04 bits per heavy atom. The maximum absolute atomic E-state index is 13.2. The maximum atomic E-state index is 13.2. The van der Waals surface area contributed by atoms with E-state index in [2.05, 4.69) is 20.8 Å². The summed E-state index contributed by atoms with van der Waals surface area (Å²) in [7, 11) is 0. The predicted octanol–water partition coefficient (Wildman–Crippen LogP) is 4.27. The molecule has 0 aliphatic carbocycles. The minimum absolute atomic E-state index is 0.0239. The van der Waals surface area contributed by atoms with E-state index in [1.54, 1.807) is 16.7 Å². The van der Waals surface area contributed by atoms with Gasteiger partial charge in [0.1, 0.15) is 6.04 Å². The highest BCUT2D eigenvalue weighted by atomic mass is 32.2. The summed E-state index contributed by atoms with van der Waals surface area (Å²) in [6.45, 7) is 8.71. The highest BCUT2D eigenvalue weighted by molar-refractivity contribution is 8.00. The van der Waals surface area contributed by atoms with Gasteiger partial charge in [0, 0.05) is 11.3 Å². The Labute approximate surface area is 155 Å². The number of carbonyl (C=O) groups excluding carboxylic acids is 2. The zero-order chi connectivity index (χ0) is 18.4. The molecule has 2 rings (SSSR count). The number of amides is 1. The molecule has 0 aromatic heterocycles. The van der Waals surface area contributed by atoms with Gasteiger partial charge in [0.25, 0.3) is 5.91 Å². The second-order valence-electron chi connectivity index (χ2n) is 6.98. The average Bonchev–Trinajstić information content (AvgIpc) is 2.97. The number of thioether (sulfide) groups is 1. The van der Waals surface area contributed by atoms with Crippen LogP contribution in [-0.4, -0.2) is 40.6 Å². The number of esters is 1. The first-order chi connectivity index (χ1) is 12.0. The third kappa shape index (κ3) is 5.00. The van der Waals surface area contributed by atoms with Crippen LogP contribution in [0.15, 0.2) is 24.3 Å². The Hall–Kier alpha value is -1.49. The summed E-state index contributed by atoms with van der Waals surface area (Å²) in [6.07, 6.45) is 2.71. The molecule has 1 amide bonds. The molecule has 138 valence electrons. The van der Waals surface area contributed by atoms with Crippen molar-refractivity contribution < 1.29 is 14.3 Å². The summed E-state index contributed by atoms with van der Waals surface area (Å²) >= 11 is 1.69. The normalized spacial score (nSPS) is 20.1. The third-order valence-corrected chi connectivity index (χ3v) is 5.70. The number of carbonyl (C=O) groups is 2. The second-order valence-corrected chi connectivity index (χ2v) is 8.19. The van der Waals surface area contributed by atoms with Crippen LogP contribution in [0.25, 0.3) is 0 Å². The predicted molar refractivity (Wildman–Crippen MR) is 103 cm³/mol. The van der Waals surface area contributed by atoms with Crippen molar-refractivity contribution >= 4 is 23.6 Å². The number of aryl methyl sites for hydroxylation is 1. The van der Waals surface area contributed by atoms with Crippen LogP contribution in [-0.2, 0) is 9.53 Å². The van der Waals surface area contributed by atoms with E-state index in [-0.39, 0.29) is 17.3 Å². The van der Waals surface area contributed by atoms with Crippen LogP contribution in [0.4, 0.5) is 0 Å². The van der Waals surface area contributed by atoms with Gasteiger partial charge in [-0.1, -0.05) is 45.4 Å². The molecule has 0 bridgehead atoms. The monoisotopic (exact) mass is 363 g/mol. The molecule has 1 saturated heterocycles. The number of benzene rings is 1. The summed E-state index contributed by atoms with van der Waals surface area (Å²) in [5.74, 6) is 0.736. The van der Waals surface area contributed by atoms with Crippen LogP contribution in [0.3, 0.4) is 0 Å². The minimum Gasteiger partial charge on any atom is -0.464 e. The number of rotatable bonds is 7. The van der Waals surface area contributed by atoms with E-state index in [0.29, 0.717) is 23.8 Å². The summed E-state index contributed by atoms with van der Waals surface area (Å²) < 4.78 is 5.42. The molecule has 1 aliphatic rings. The molecule has 2 unspecified atom stereocenters. The molecule has 4 nitrogen and oxygen atoms in total. The van der Waals surface area contributed by atoms with Gasteiger partial charge in [0.05, 0.1) is 12.0 Å². The van der Waals surface area contributed by atoms with E-state index in [9.17, 15) is 9.59 Å². The van der Waals surface area contributed by atoms with E-state index in [0.717, 1.165) is 24.8 Å². The fraction of sp³-hybridized carbons (Fsp3) is 0.600. The largest absolute Gasteiger partial charge is 0.464 e. The van der Waals surface area contributed by atoms with Crippen LogP contribution in [0.2, 0.25) is 0 Å². The van der Waals surface area contributed by atoms with Gasteiger partial charge in [-0.2, -0.15) is 0 Å². The highest BCUT2D eigenvalue weighted by Crippen LogP contribution is 2.35. The quantitative estimate of drug-likeness (QED) is 0.536. The first-order valence-corrected chi connectivity index (χ1v) is 10.2. The highest BCUT2D eigenvalue weighted by Gasteiger charge is 2.43. The summed E-state index contributed by atoms with van der Waals surface area (Å²) in [5.41, 5.74) is 1.61. The van der Waals surface area contributed by atoms with Crippen LogP contribution in [0, 0.1) is 12.8 Å². The van der Waals surface area contributed by atoms with Gasteiger partial charge in [-0.25, -0.2) is 4.79 Å². The van der Waals surface area contributed by atoms with Crippen molar-refractivity contribution in [2.45, 2.75) is 58.4 Å². The van der Waals surface area contributed by atoms with Crippen molar-refractivity contribution in [3.63, 3.8) is 0 Å². The van der Waals surface area contributed by atoms with Crippen molar-refractivity contribution in [1.82, 2.24) is 4.90 Å². The molecule has 2 atom stereocenters. The summed E-state index contributed by atoms with van der Waals surface area (Å²) in [4.78, 5) is 27.5. The molecule has 0 radical (unpaired) electrons. The Bertz CT molecular complexity index is 602. The molecule has 1 aromatic carbocycles. The van der Waals surface area contributed by atoms with Crippen molar-refractivity contribution in [3.05, 3.63) is 35.4 Å². The topological polar surface area (TPSA) is 46.6 Å². The Morgan fingerprint density at radius 1 is 1.32 bits per heavy atom. The fourth-order valence-electron chi connectivity index (χ4n) is 2.97. The van der Waals surface area contributed by atoms with Gasteiger partial charge in [0.2, 0.25) is 0 Å². The molecule has 1 aliphatic heterocycles. The van der Waals surface area contributed by atoms with Crippen LogP contribution >= 0.6 is 11.8 Å². The van der Waals surface area contributed by atoms with Gasteiger partial charge in [0.15, 0.2) is 0 Å². The van der Waals surface area contributed by atoms with Crippen LogP contribution in [0.5, 0.6) is 0 Å². The average molecular weight is 364 g/mol. The summed E-state index contributed by atoms with van der Waals surface area (Å²) in [6, 6.07) is 7.08. The Kier molecular flexibility index (Phi) is 7.36. The van der Waals surface area contributed by atoms with E-state index in [1.807, 2.05) is 31.2 Å². The molecule has 1 fully saturated rings. The van der Waals surface area contributed by atoms with Gasteiger partial charge >= 0.3 is 5.97 Å². The molecule has 1 heterocycles. The zero-order valence-corrected chi connectivity index (χ0v) is 16.5. The lowest BCUT2D eigenvalue weighted by molar-refractivity contribution is -0.148. The first kappa shape index (κ1) is 19.8. The minimum atomic E-state index is -0.488. The van der Waals surface area contributed by atoms with E-state index < -0.39 is 6.04 Å². The molecule has 0 saturated carbocycles. The van der Waals surface area contributed by atoms with Crippen molar-refractivity contribution in [2.24, 2.45) is 5.92 Å². The zero-order valence-electron chi connectivity index (χ0n) is 15.7. The van der Waals surface area contributed by atoms with Gasteiger partial charge < -0.3 is 9.64 Å². The molecule has 0 spiro atoms. The van der Waals surface area contributed by atoms with Crippen molar-refractivity contribution in [3.8, 4) is 0 Å². The number of ether oxygens (including phenoxy) is 1. The lowest BCUT2D eigenvalue weighted by Gasteiger charge is -2.29. The molecular weight excluding hydrogens is 334 g/mol.